The van der Waals surface area contributed by atoms with Crippen molar-refractivity contribution in [3.63, 3.8) is 0 Å². The summed E-state index contributed by atoms with van der Waals surface area (Å²) in [5, 5.41) is 2.13. The molecule has 2 atom stereocenters. The van der Waals surface area contributed by atoms with Crippen LogP contribution in [0.3, 0.4) is 0 Å². The predicted octanol–water partition coefficient (Wildman–Crippen LogP) is 2.01. The molecule has 1 rings (SSSR count). The Kier molecular flexibility index (Phi) is 3.47. The van der Waals surface area contributed by atoms with Gasteiger partial charge in [-0.05, 0) is 45.0 Å². The lowest BCUT2D eigenvalue weighted by Crippen LogP contribution is -2.34. The summed E-state index contributed by atoms with van der Waals surface area (Å²) in [6.45, 7) is 4.20. The topological polar surface area (TPSA) is 29.3 Å². The van der Waals surface area contributed by atoms with Crippen LogP contribution in [0.2, 0.25) is 0 Å². The number of hydrogen-bond acceptors (Lipinski definition) is 3. The molecule has 0 bridgehead atoms. The van der Waals surface area contributed by atoms with Gasteiger partial charge in [0.15, 0.2) is 0 Å². The van der Waals surface area contributed by atoms with Crippen LogP contribution in [0.4, 0.5) is 0 Å². The maximum absolute atomic E-state index is 5.96. The Morgan fingerprint density at radius 2 is 2.08 bits per heavy atom. The summed E-state index contributed by atoms with van der Waals surface area (Å²) in [5.41, 5.74) is 7.31. The molecule has 1 aromatic heterocycles. The molecule has 74 valence electrons. The standard InChI is InChI=1S/C10H18N2S/c1-7-5-6-13-10(7)9(8(2)11)12(3)4/h5-6,8-9H,11H2,1-4H3. The Balaban J connectivity index is 2.95. The summed E-state index contributed by atoms with van der Waals surface area (Å²) in [6.07, 6.45) is 0. The van der Waals surface area contributed by atoms with Gasteiger partial charge in [-0.1, -0.05) is 0 Å². The van der Waals surface area contributed by atoms with Crippen molar-refractivity contribution in [2.24, 2.45) is 5.73 Å². The minimum absolute atomic E-state index is 0.173. The van der Waals surface area contributed by atoms with Crippen molar-refractivity contribution in [3.05, 3.63) is 21.9 Å². The van der Waals surface area contributed by atoms with Crippen LogP contribution in [0.15, 0.2) is 11.4 Å². The van der Waals surface area contributed by atoms with Crippen LogP contribution in [0.1, 0.15) is 23.4 Å². The largest absolute Gasteiger partial charge is 0.326 e. The monoisotopic (exact) mass is 198 g/mol. The Morgan fingerprint density at radius 1 is 1.46 bits per heavy atom. The number of rotatable bonds is 3. The molecule has 0 fully saturated rings. The Hall–Kier alpha value is -0.380. The number of nitrogens with zero attached hydrogens (tertiary/aromatic N) is 1. The van der Waals surface area contributed by atoms with E-state index in [0.717, 1.165) is 0 Å². The molecule has 0 radical (unpaired) electrons. The van der Waals surface area contributed by atoms with Crippen LogP contribution in [0, 0.1) is 6.92 Å². The van der Waals surface area contributed by atoms with Crippen LogP contribution in [0.5, 0.6) is 0 Å². The fraction of sp³-hybridized carbons (Fsp3) is 0.600. The molecule has 0 aromatic carbocycles. The Morgan fingerprint density at radius 3 is 2.38 bits per heavy atom. The van der Waals surface area contributed by atoms with E-state index in [1.54, 1.807) is 11.3 Å². The zero-order valence-electron chi connectivity index (χ0n) is 8.74. The van der Waals surface area contributed by atoms with Gasteiger partial charge in [0, 0.05) is 10.9 Å². The third-order valence-corrected chi connectivity index (χ3v) is 3.31. The fourth-order valence-electron chi connectivity index (χ4n) is 1.63. The van der Waals surface area contributed by atoms with Crippen molar-refractivity contribution < 1.29 is 0 Å². The van der Waals surface area contributed by atoms with E-state index in [9.17, 15) is 0 Å². The molecule has 1 heterocycles. The lowest BCUT2D eigenvalue weighted by Gasteiger charge is -2.27. The maximum atomic E-state index is 5.96. The minimum Gasteiger partial charge on any atom is -0.326 e. The molecular weight excluding hydrogens is 180 g/mol. The second-order valence-corrected chi connectivity index (χ2v) is 4.68. The average molecular weight is 198 g/mol. The predicted molar refractivity (Wildman–Crippen MR) is 59.1 cm³/mol. The molecule has 2 N–H and O–H groups in total. The summed E-state index contributed by atoms with van der Waals surface area (Å²) < 4.78 is 0. The summed E-state index contributed by atoms with van der Waals surface area (Å²) in [5.74, 6) is 0. The number of aryl methyl sites for hydroxylation is 1. The molecule has 2 unspecified atom stereocenters. The van der Waals surface area contributed by atoms with Crippen LogP contribution >= 0.6 is 11.3 Å². The van der Waals surface area contributed by atoms with Gasteiger partial charge in [-0.3, -0.25) is 0 Å². The molecule has 0 aliphatic carbocycles. The molecular formula is C10H18N2S. The number of likely N-dealkylation sites (N-methyl/N-ethyl adjacent to an activating group) is 1. The first-order valence-electron chi connectivity index (χ1n) is 4.50. The van der Waals surface area contributed by atoms with E-state index in [-0.39, 0.29) is 6.04 Å². The first kappa shape index (κ1) is 10.7. The van der Waals surface area contributed by atoms with Gasteiger partial charge in [-0.25, -0.2) is 0 Å². The summed E-state index contributed by atoms with van der Waals surface area (Å²) in [7, 11) is 4.15. The molecule has 13 heavy (non-hydrogen) atoms. The van der Waals surface area contributed by atoms with E-state index in [1.165, 1.54) is 10.4 Å². The minimum atomic E-state index is 0.173. The zero-order valence-corrected chi connectivity index (χ0v) is 9.56. The smallest absolute Gasteiger partial charge is 0.0588 e. The lowest BCUT2D eigenvalue weighted by atomic mass is 10.1. The zero-order chi connectivity index (χ0) is 10.0. The van der Waals surface area contributed by atoms with Gasteiger partial charge in [-0.15, -0.1) is 11.3 Å². The highest BCUT2D eigenvalue weighted by molar-refractivity contribution is 7.10. The van der Waals surface area contributed by atoms with E-state index in [4.69, 9.17) is 5.73 Å². The summed E-state index contributed by atoms with van der Waals surface area (Å²) >= 11 is 1.79. The fourth-order valence-corrected chi connectivity index (χ4v) is 2.87. The normalized spacial score (nSPS) is 16.2. The van der Waals surface area contributed by atoms with Crippen molar-refractivity contribution in [2.45, 2.75) is 25.9 Å². The van der Waals surface area contributed by atoms with Gasteiger partial charge in [0.05, 0.1) is 6.04 Å². The van der Waals surface area contributed by atoms with Gasteiger partial charge < -0.3 is 10.6 Å². The van der Waals surface area contributed by atoms with Crippen molar-refractivity contribution in [3.8, 4) is 0 Å². The summed E-state index contributed by atoms with van der Waals surface area (Å²) in [6, 6.07) is 2.67. The molecule has 0 aliphatic rings. The molecule has 0 saturated heterocycles. The number of thiophene rings is 1. The van der Waals surface area contributed by atoms with Crippen molar-refractivity contribution in [2.75, 3.05) is 14.1 Å². The number of hydrogen-bond donors (Lipinski definition) is 1. The second kappa shape index (κ2) is 4.22. The SMILES string of the molecule is Cc1ccsc1C(C(C)N)N(C)C. The van der Waals surface area contributed by atoms with Crippen LogP contribution in [-0.4, -0.2) is 25.0 Å². The lowest BCUT2D eigenvalue weighted by molar-refractivity contribution is 0.269. The third-order valence-electron chi connectivity index (χ3n) is 2.22. The second-order valence-electron chi connectivity index (χ2n) is 3.74. The van der Waals surface area contributed by atoms with E-state index in [0.29, 0.717) is 6.04 Å². The molecule has 1 aromatic rings. The van der Waals surface area contributed by atoms with E-state index >= 15 is 0 Å². The highest BCUT2D eigenvalue weighted by Crippen LogP contribution is 2.28. The molecule has 0 spiro atoms. The molecule has 0 saturated carbocycles. The van der Waals surface area contributed by atoms with E-state index in [2.05, 4.69) is 44.3 Å². The van der Waals surface area contributed by atoms with Crippen LogP contribution < -0.4 is 5.73 Å². The highest BCUT2D eigenvalue weighted by Gasteiger charge is 2.20. The molecule has 2 nitrogen and oxygen atoms in total. The van der Waals surface area contributed by atoms with Gasteiger partial charge in [0.2, 0.25) is 0 Å². The molecule has 0 aliphatic heterocycles. The number of nitrogens with two attached hydrogens (primary N) is 1. The average Bonchev–Trinajstić information content (AvgIpc) is 2.35. The van der Waals surface area contributed by atoms with Crippen molar-refractivity contribution in [1.29, 1.82) is 0 Å². The Bertz CT molecular complexity index is 258. The van der Waals surface area contributed by atoms with Gasteiger partial charge in [0.25, 0.3) is 0 Å². The van der Waals surface area contributed by atoms with Crippen LogP contribution in [-0.2, 0) is 0 Å². The first-order chi connectivity index (χ1) is 6.04. The van der Waals surface area contributed by atoms with Gasteiger partial charge in [0.1, 0.15) is 0 Å². The van der Waals surface area contributed by atoms with E-state index < -0.39 is 0 Å². The molecule has 3 heteroatoms. The van der Waals surface area contributed by atoms with Crippen molar-refractivity contribution >= 4 is 11.3 Å². The van der Waals surface area contributed by atoms with Crippen LogP contribution in [0.25, 0.3) is 0 Å². The summed E-state index contributed by atoms with van der Waals surface area (Å²) in [4.78, 5) is 3.57. The van der Waals surface area contributed by atoms with Crippen molar-refractivity contribution in [1.82, 2.24) is 4.90 Å². The van der Waals surface area contributed by atoms with E-state index in [1.807, 2.05) is 0 Å². The first-order valence-corrected chi connectivity index (χ1v) is 5.38. The molecule has 0 amide bonds. The third kappa shape index (κ3) is 2.30. The highest BCUT2D eigenvalue weighted by atomic mass is 32.1. The maximum Gasteiger partial charge on any atom is 0.0588 e. The van der Waals surface area contributed by atoms with Gasteiger partial charge >= 0.3 is 0 Å². The Labute approximate surface area is 84.4 Å². The quantitative estimate of drug-likeness (QED) is 0.805. The van der Waals surface area contributed by atoms with Gasteiger partial charge in [-0.2, -0.15) is 0 Å².